The third-order valence-corrected chi connectivity index (χ3v) is 5.24. The van der Waals surface area contributed by atoms with Crippen LogP contribution in [0.3, 0.4) is 0 Å². The van der Waals surface area contributed by atoms with Crippen molar-refractivity contribution in [3.8, 4) is 0 Å². The molecule has 0 aromatic carbocycles. The number of aliphatic hydroxyl groups is 1. The van der Waals surface area contributed by atoms with Crippen molar-refractivity contribution in [3.05, 3.63) is 0 Å². The fourth-order valence-electron chi connectivity index (χ4n) is 4.12. The Kier molecular flexibility index (Phi) is 6.66. The van der Waals surface area contributed by atoms with E-state index in [2.05, 4.69) is 11.8 Å². The van der Waals surface area contributed by atoms with Crippen molar-refractivity contribution in [2.75, 3.05) is 13.1 Å². The van der Waals surface area contributed by atoms with E-state index in [0.29, 0.717) is 12.0 Å². The molecule has 3 unspecified atom stereocenters. The van der Waals surface area contributed by atoms with E-state index in [1.54, 1.807) is 0 Å². The van der Waals surface area contributed by atoms with Gasteiger partial charge in [-0.05, 0) is 45.2 Å². The molecule has 112 valence electrons. The number of hydrogen-bond acceptors (Lipinski definition) is 2. The van der Waals surface area contributed by atoms with E-state index in [4.69, 9.17) is 0 Å². The molecule has 1 aliphatic heterocycles. The van der Waals surface area contributed by atoms with Gasteiger partial charge in [-0.2, -0.15) is 0 Å². The van der Waals surface area contributed by atoms with Crippen molar-refractivity contribution in [1.29, 1.82) is 0 Å². The standard InChI is InChI=1S/C17H33NO/c1-2-3-4-5-8-13-18-14-9-11-16(18)15-10-6-7-12-17(15)19/h15-17,19H,2-14H2,1H3. The minimum Gasteiger partial charge on any atom is -0.393 e. The van der Waals surface area contributed by atoms with E-state index in [1.165, 1.54) is 77.3 Å². The molecule has 0 aromatic rings. The molecule has 19 heavy (non-hydrogen) atoms. The highest BCUT2D eigenvalue weighted by Crippen LogP contribution is 2.34. The Bertz CT molecular complexity index is 243. The quantitative estimate of drug-likeness (QED) is 0.705. The summed E-state index contributed by atoms with van der Waals surface area (Å²) in [6.45, 7) is 4.83. The highest BCUT2D eigenvalue weighted by Gasteiger charge is 2.36. The predicted octanol–water partition coefficient (Wildman–Crippen LogP) is 3.97. The Labute approximate surface area is 119 Å². The lowest BCUT2D eigenvalue weighted by atomic mass is 9.80. The van der Waals surface area contributed by atoms with Crippen LogP contribution in [0.15, 0.2) is 0 Å². The number of likely N-dealkylation sites (tertiary alicyclic amines) is 1. The molecule has 1 N–H and O–H groups in total. The van der Waals surface area contributed by atoms with Gasteiger partial charge in [0.2, 0.25) is 0 Å². The Hall–Kier alpha value is -0.0800. The van der Waals surface area contributed by atoms with Crippen LogP contribution in [0.2, 0.25) is 0 Å². The first kappa shape index (κ1) is 15.3. The molecule has 1 saturated carbocycles. The number of aliphatic hydroxyl groups excluding tert-OH is 1. The summed E-state index contributed by atoms with van der Waals surface area (Å²) in [6, 6.07) is 0.696. The molecular formula is C17H33NO. The van der Waals surface area contributed by atoms with Gasteiger partial charge in [0.05, 0.1) is 6.10 Å². The monoisotopic (exact) mass is 267 g/mol. The van der Waals surface area contributed by atoms with Crippen LogP contribution in [-0.2, 0) is 0 Å². The SMILES string of the molecule is CCCCCCCN1CCCC1C1CCCCC1O. The first-order valence-corrected chi connectivity index (χ1v) is 8.75. The third-order valence-electron chi connectivity index (χ3n) is 5.24. The van der Waals surface area contributed by atoms with Crippen molar-refractivity contribution >= 4 is 0 Å². The summed E-state index contributed by atoms with van der Waals surface area (Å²) in [6.07, 6.45) is 14.4. The van der Waals surface area contributed by atoms with Gasteiger partial charge in [-0.3, -0.25) is 0 Å². The molecule has 2 rings (SSSR count). The summed E-state index contributed by atoms with van der Waals surface area (Å²) in [5.74, 6) is 0.576. The van der Waals surface area contributed by atoms with Crippen molar-refractivity contribution in [3.63, 3.8) is 0 Å². The normalized spacial score (nSPS) is 32.8. The van der Waals surface area contributed by atoms with Crippen LogP contribution >= 0.6 is 0 Å². The minimum atomic E-state index is -0.0144. The van der Waals surface area contributed by atoms with Gasteiger partial charge in [0, 0.05) is 12.0 Å². The summed E-state index contributed by atoms with van der Waals surface area (Å²) < 4.78 is 0. The zero-order valence-electron chi connectivity index (χ0n) is 12.8. The molecule has 0 bridgehead atoms. The second-order valence-corrected chi connectivity index (χ2v) is 6.68. The van der Waals surface area contributed by atoms with Crippen LogP contribution in [0.4, 0.5) is 0 Å². The average molecular weight is 267 g/mol. The number of unbranched alkanes of at least 4 members (excludes halogenated alkanes) is 4. The van der Waals surface area contributed by atoms with Crippen LogP contribution < -0.4 is 0 Å². The van der Waals surface area contributed by atoms with Crippen LogP contribution in [0.1, 0.15) is 77.6 Å². The molecule has 2 nitrogen and oxygen atoms in total. The van der Waals surface area contributed by atoms with Gasteiger partial charge in [-0.25, -0.2) is 0 Å². The first-order valence-electron chi connectivity index (χ1n) is 8.75. The van der Waals surface area contributed by atoms with Crippen molar-refractivity contribution in [2.45, 2.75) is 89.7 Å². The Morgan fingerprint density at radius 2 is 1.74 bits per heavy atom. The molecule has 1 aliphatic carbocycles. The van der Waals surface area contributed by atoms with Gasteiger partial charge in [-0.15, -0.1) is 0 Å². The highest BCUT2D eigenvalue weighted by atomic mass is 16.3. The molecule has 0 spiro atoms. The number of hydrogen-bond donors (Lipinski definition) is 1. The molecule has 3 atom stereocenters. The Morgan fingerprint density at radius 1 is 0.947 bits per heavy atom. The van der Waals surface area contributed by atoms with Gasteiger partial charge in [0.25, 0.3) is 0 Å². The topological polar surface area (TPSA) is 23.5 Å². The smallest absolute Gasteiger partial charge is 0.0583 e. The van der Waals surface area contributed by atoms with Crippen molar-refractivity contribution in [2.24, 2.45) is 5.92 Å². The lowest BCUT2D eigenvalue weighted by molar-refractivity contribution is 0.0218. The summed E-state index contributed by atoms with van der Waals surface area (Å²) in [5, 5.41) is 10.3. The fourth-order valence-corrected chi connectivity index (χ4v) is 4.12. The molecule has 1 heterocycles. The van der Waals surface area contributed by atoms with Gasteiger partial charge in [-0.1, -0.05) is 45.4 Å². The molecule has 0 aromatic heterocycles. The lowest BCUT2D eigenvalue weighted by Crippen LogP contribution is -2.42. The lowest BCUT2D eigenvalue weighted by Gasteiger charge is -2.37. The average Bonchev–Trinajstić information content (AvgIpc) is 2.87. The van der Waals surface area contributed by atoms with E-state index >= 15 is 0 Å². The van der Waals surface area contributed by atoms with E-state index in [9.17, 15) is 5.11 Å². The number of nitrogens with zero attached hydrogens (tertiary/aromatic N) is 1. The Morgan fingerprint density at radius 3 is 2.53 bits per heavy atom. The summed E-state index contributed by atoms with van der Waals surface area (Å²) in [7, 11) is 0. The zero-order valence-corrected chi connectivity index (χ0v) is 12.8. The Balaban J connectivity index is 1.73. The second-order valence-electron chi connectivity index (χ2n) is 6.68. The van der Waals surface area contributed by atoms with Crippen LogP contribution in [0, 0.1) is 5.92 Å². The summed E-state index contributed by atoms with van der Waals surface area (Å²) in [4.78, 5) is 2.70. The van der Waals surface area contributed by atoms with E-state index in [0.717, 1.165) is 6.42 Å². The van der Waals surface area contributed by atoms with Gasteiger partial charge in [0.1, 0.15) is 0 Å². The molecule has 0 radical (unpaired) electrons. The highest BCUT2D eigenvalue weighted by molar-refractivity contribution is 4.90. The van der Waals surface area contributed by atoms with E-state index < -0.39 is 0 Å². The molecule has 2 fully saturated rings. The van der Waals surface area contributed by atoms with Gasteiger partial charge >= 0.3 is 0 Å². The first-order chi connectivity index (χ1) is 9.33. The molecular weight excluding hydrogens is 234 g/mol. The minimum absolute atomic E-state index is 0.0144. The molecule has 2 heteroatoms. The molecule has 2 aliphatic rings. The maximum Gasteiger partial charge on any atom is 0.0583 e. The maximum atomic E-state index is 10.3. The predicted molar refractivity (Wildman–Crippen MR) is 81.3 cm³/mol. The van der Waals surface area contributed by atoms with Gasteiger partial charge in [0.15, 0.2) is 0 Å². The second kappa shape index (κ2) is 8.26. The van der Waals surface area contributed by atoms with E-state index in [-0.39, 0.29) is 6.10 Å². The van der Waals surface area contributed by atoms with Crippen LogP contribution in [0.5, 0.6) is 0 Å². The van der Waals surface area contributed by atoms with E-state index in [1.807, 2.05) is 0 Å². The van der Waals surface area contributed by atoms with Crippen LogP contribution in [-0.4, -0.2) is 35.2 Å². The zero-order chi connectivity index (χ0) is 13.5. The summed E-state index contributed by atoms with van der Waals surface area (Å²) >= 11 is 0. The third kappa shape index (κ3) is 4.46. The summed E-state index contributed by atoms with van der Waals surface area (Å²) in [5.41, 5.74) is 0. The molecule has 1 saturated heterocycles. The van der Waals surface area contributed by atoms with Crippen molar-refractivity contribution < 1.29 is 5.11 Å². The maximum absolute atomic E-state index is 10.3. The fraction of sp³-hybridized carbons (Fsp3) is 1.00. The largest absolute Gasteiger partial charge is 0.393 e. The number of rotatable bonds is 7. The van der Waals surface area contributed by atoms with Crippen LogP contribution in [0.25, 0.3) is 0 Å². The van der Waals surface area contributed by atoms with Gasteiger partial charge < -0.3 is 10.0 Å². The molecule has 0 amide bonds. The van der Waals surface area contributed by atoms with Crippen molar-refractivity contribution in [1.82, 2.24) is 4.90 Å².